The van der Waals surface area contributed by atoms with Gasteiger partial charge < -0.3 is 10.8 Å². The number of rotatable bonds is 4. The van der Waals surface area contributed by atoms with Crippen LogP contribution in [0.2, 0.25) is 0 Å². The molecule has 6 heteroatoms. The molecule has 1 unspecified atom stereocenters. The standard InChI is InChI=1S/C12H19NO3S.ClH/c1-4-8(2)9-5-10(7-13)12(14)11(6-9)17(3,15)16;/h5-6,8,14H,4,7,13H2,1-3H3;1H. The van der Waals surface area contributed by atoms with Crippen LogP contribution in [0.1, 0.15) is 37.3 Å². The van der Waals surface area contributed by atoms with Gasteiger partial charge in [0.15, 0.2) is 9.84 Å². The van der Waals surface area contributed by atoms with E-state index in [2.05, 4.69) is 0 Å². The highest BCUT2D eigenvalue weighted by atomic mass is 35.5. The molecule has 0 bridgehead atoms. The van der Waals surface area contributed by atoms with Gasteiger partial charge in [0, 0.05) is 18.4 Å². The molecule has 0 aliphatic carbocycles. The molecule has 0 radical (unpaired) electrons. The zero-order valence-corrected chi connectivity index (χ0v) is 12.4. The lowest BCUT2D eigenvalue weighted by molar-refractivity contribution is 0.451. The van der Waals surface area contributed by atoms with Gasteiger partial charge in [-0.3, -0.25) is 0 Å². The first-order valence-corrected chi connectivity index (χ1v) is 7.46. The van der Waals surface area contributed by atoms with Crippen molar-refractivity contribution in [3.05, 3.63) is 23.3 Å². The van der Waals surface area contributed by atoms with Gasteiger partial charge in [0.05, 0.1) is 0 Å². The van der Waals surface area contributed by atoms with Crippen LogP contribution in [0.3, 0.4) is 0 Å². The second-order valence-electron chi connectivity index (χ2n) is 4.31. The van der Waals surface area contributed by atoms with Crippen LogP contribution in [0.4, 0.5) is 0 Å². The zero-order valence-electron chi connectivity index (χ0n) is 10.8. The van der Waals surface area contributed by atoms with Crippen molar-refractivity contribution in [1.29, 1.82) is 0 Å². The van der Waals surface area contributed by atoms with E-state index in [-0.39, 0.29) is 35.5 Å². The molecule has 18 heavy (non-hydrogen) atoms. The fourth-order valence-corrected chi connectivity index (χ4v) is 2.48. The summed E-state index contributed by atoms with van der Waals surface area (Å²) in [6.45, 7) is 4.16. The predicted octanol–water partition coefficient (Wildman–Crippen LogP) is 2.19. The van der Waals surface area contributed by atoms with Crippen LogP contribution in [0.15, 0.2) is 17.0 Å². The van der Waals surface area contributed by atoms with Gasteiger partial charge >= 0.3 is 0 Å². The van der Waals surface area contributed by atoms with Crippen LogP contribution < -0.4 is 5.73 Å². The summed E-state index contributed by atoms with van der Waals surface area (Å²) in [6, 6.07) is 3.32. The largest absolute Gasteiger partial charge is 0.506 e. The van der Waals surface area contributed by atoms with E-state index in [4.69, 9.17) is 5.73 Å². The van der Waals surface area contributed by atoms with E-state index in [1.54, 1.807) is 6.07 Å². The fourth-order valence-electron chi connectivity index (χ4n) is 1.65. The van der Waals surface area contributed by atoms with Crippen molar-refractivity contribution in [3.8, 4) is 5.75 Å². The van der Waals surface area contributed by atoms with Crippen LogP contribution in [0, 0.1) is 0 Å². The fraction of sp³-hybridized carbons (Fsp3) is 0.500. The lowest BCUT2D eigenvalue weighted by Crippen LogP contribution is -2.06. The number of phenolic OH excluding ortho intramolecular Hbond substituents is 1. The third-order valence-corrected chi connectivity index (χ3v) is 4.09. The summed E-state index contributed by atoms with van der Waals surface area (Å²) in [4.78, 5) is -0.0317. The third kappa shape index (κ3) is 3.60. The van der Waals surface area contributed by atoms with Gasteiger partial charge in [0.2, 0.25) is 0 Å². The van der Waals surface area contributed by atoms with E-state index >= 15 is 0 Å². The second kappa shape index (κ2) is 6.41. The van der Waals surface area contributed by atoms with E-state index in [1.165, 1.54) is 6.07 Å². The van der Waals surface area contributed by atoms with E-state index in [0.717, 1.165) is 18.2 Å². The Morgan fingerprint density at radius 2 is 1.94 bits per heavy atom. The Morgan fingerprint density at radius 3 is 2.33 bits per heavy atom. The van der Waals surface area contributed by atoms with Crippen molar-refractivity contribution in [2.24, 2.45) is 5.73 Å². The van der Waals surface area contributed by atoms with Crippen LogP contribution in [-0.4, -0.2) is 19.8 Å². The Labute approximate surface area is 115 Å². The summed E-state index contributed by atoms with van der Waals surface area (Å²) >= 11 is 0. The molecule has 0 aliphatic heterocycles. The first kappa shape index (κ1) is 17.2. The molecule has 0 heterocycles. The highest BCUT2D eigenvalue weighted by Crippen LogP contribution is 2.32. The first-order chi connectivity index (χ1) is 7.81. The smallest absolute Gasteiger partial charge is 0.179 e. The van der Waals surface area contributed by atoms with Crippen LogP contribution in [0.25, 0.3) is 0 Å². The summed E-state index contributed by atoms with van der Waals surface area (Å²) in [5.41, 5.74) is 6.89. The van der Waals surface area contributed by atoms with E-state index < -0.39 is 9.84 Å². The summed E-state index contributed by atoms with van der Waals surface area (Å²) in [5, 5.41) is 9.84. The Kier molecular flexibility index (Phi) is 6.13. The maximum absolute atomic E-state index is 11.6. The maximum atomic E-state index is 11.6. The molecule has 4 nitrogen and oxygen atoms in total. The predicted molar refractivity (Wildman–Crippen MR) is 75.1 cm³/mol. The van der Waals surface area contributed by atoms with Gasteiger partial charge in [-0.2, -0.15) is 0 Å². The monoisotopic (exact) mass is 293 g/mol. The van der Waals surface area contributed by atoms with Crippen LogP contribution >= 0.6 is 12.4 Å². The van der Waals surface area contributed by atoms with E-state index in [0.29, 0.717) is 5.56 Å². The number of benzene rings is 1. The molecule has 104 valence electrons. The molecule has 0 aliphatic rings. The normalized spacial score (nSPS) is 12.9. The molecule has 0 aromatic heterocycles. The van der Waals surface area contributed by atoms with E-state index in [9.17, 15) is 13.5 Å². The molecule has 0 saturated carbocycles. The number of nitrogens with two attached hydrogens (primary N) is 1. The topological polar surface area (TPSA) is 80.4 Å². The molecular weight excluding hydrogens is 274 g/mol. The van der Waals surface area contributed by atoms with Crippen molar-refractivity contribution in [1.82, 2.24) is 0 Å². The van der Waals surface area contributed by atoms with Crippen molar-refractivity contribution in [3.63, 3.8) is 0 Å². The number of hydrogen-bond donors (Lipinski definition) is 2. The zero-order chi connectivity index (χ0) is 13.2. The minimum absolute atomic E-state index is 0. The summed E-state index contributed by atoms with van der Waals surface area (Å²) in [5.74, 6) is 0.0171. The highest BCUT2D eigenvalue weighted by molar-refractivity contribution is 7.90. The first-order valence-electron chi connectivity index (χ1n) is 5.57. The van der Waals surface area contributed by atoms with Crippen molar-refractivity contribution < 1.29 is 13.5 Å². The SMILES string of the molecule is CCC(C)c1cc(CN)c(O)c(S(C)(=O)=O)c1.Cl. The Bertz CT molecular complexity index is 514. The van der Waals surface area contributed by atoms with E-state index in [1.807, 2.05) is 13.8 Å². The lowest BCUT2D eigenvalue weighted by atomic mass is 9.96. The van der Waals surface area contributed by atoms with Crippen LogP contribution in [-0.2, 0) is 16.4 Å². The van der Waals surface area contributed by atoms with Gasteiger partial charge in [0.1, 0.15) is 10.6 Å². The van der Waals surface area contributed by atoms with Crippen LogP contribution in [0.5, 0.6) is 5.75 Å². The average molecular weight is 294 g/mol. The molecule has 1 atom stereocenters. The molecule has 0 amide bonds. The molecule has 0 spiro atoms. The molecule has 1 aromatic carbocycles. The van der Waals surface area contributed by atoms with Gasteiger partial charge in [-0.1, -0.05) is 19.9 Å². The minimum atomic E-state index is -3.44. The number of hydrogen-bond acceptors (Lipinski definition) is 4. The maximum Gasteiger partial charge on any atom is 0.179 e. The van der Waals surface area contributed by atoms with Gasteiger partial charge in [-0.15, -0.1) is 12.4 Å². The molecule has 3 N–H and O–H groups in total. The Morgan fingerprint density at radius 1 is 1.39 bits per heavy atom. The summed E-state index contributed by atoms with van der Waals surface area (Å²) < 4.78 is 23.2. The van der Waals surface area contributed by atoms with Gasteiger partial charge in [-0.25, -0.2) is 8.42 Å². The second-order valence-corrected chi connectivity index (χ2v) is 6.30. The summed E-state index contributed by atoms with van der Waals surface area (Å²) in [7, 11) is -3.44. The molecule has 1 aromatic rings. The number of phenols is 1. The van der Waals surface area contributed by atoms with Crippen molar-refractivity contribution in [2.45, 2.75) is 37.6 Å². The molecule has 0 fully saturated rings. The van der Waals surface area contributed by atoms with Crippen molar-refractivity contribution in [2.75, 3.05) is 6.26 Å². The molecule has 0 saturated heterocycles. The van der Waals surface area contributed by atoms with Gasteiger partial charge in [-0.05, 0) is 24.0 Å². The quantitative estimate of drug-likeness (QED) is 0.892. The number of aromatic hydroxyl groups is 1. The summed E-state index contributed by atoms with van der Waals surface area (Å²) in [6.07, 6.45) is 1.99. The Hall–Kier alpha value is -0.780. The Balaban J connectivity index is 0.00000289. The number of halogens is 1. The van der Waals surface area contributed by atoms with Crippen molar-refractivity contribution >= 4 is 22.2 Å². The third-order valence-electron chi connectivity index (χ3n) is 2.98. The molecule has 1 rings (SSSR count). The minimum Gasteiger partial charge on any atom is -0.506 e. The average Bonchev–Trinajstić information content (AvgIpc) is 2.26. The molecular formula is C12H20ClNO3S. The van der Waals surface area contributed by atoms with Gasteiger partial charge in [0.25, 0.3) is 0 Å². The number of sulfone groups is 1. The highest BCUT2D eigenvalue weighted by Gasteiger charge is 2.18. The lowest BCUT2D eigenvalue weighted by Gasteiger charge is -2.14.